The van der Waals surface area contributed by atoms with Crippen LogP contribution in [0.4, 0.5) is 0 Å². The zero-order chi connectivity index (χ0) is 19.9. The molecule has 0 fully saturated rings. The van der Waals surface area contributed by atoms with Gasteiger partial charge in [-0.3, -0.25) is 4.98 Å². The van der Waals surface area contributed by atoms with Crippen molar-refractivity contribution in [1.29, 1.82) is 0 Å². The van der Waals surface area contributed by atoms with Gasteiger partial charge in [0, 0.05) is 29.2 Å². The van der Waals surface area contributed by atoms with Gasteiger partial charge in [0.15, 0.2) is 0 Å². The van der Waals surface area contributed by atoms with E-state index in [0.717, 1.165) is 47.4 Å². The van der Waals surface area contributed by atoms with E-state index in [9.17, 15) is 5.11 Å². The Balaban J connectivity index is 1.89. The minimum absolute atomic E-state index is 0.212. The maximum atomic E-state index is 11.5. The van der Waals surface area contributed by atoms with Gasteiger partial charge in [-0.2, -0.15) is 0 Å². The SMILES string of the molecule is CCCCCc1cc2c(c(O)c1-c1cncs1)[C@@H]1C=C(C)CC[C@H]1C(C)(C)O2. The number of aromatic hydroxyl groups is 1. The van der Waals surface area contributed by atoms with E-state index < -0.39 is 0 Å². The molecule has 2 aliphatic rings. The van der Waals surface area contributed by atoms with Gasteiger partial charge in [0.1, 0.15) is 17.1 Å². The Morgan fingerprint density at radius 2 is 2.14 bits per heavy atom. The molecule has 1 aliphatic carbocycles. The fourth-order valence-electron chi connectivity index (χ4n) is 4.99. The van der Waals surface area contributed by atoms with Crippen molar-refractivity contribution in [2.24, 2.45) is 5.92 Å². The number of benzene rings is 1. The Bertz CT molecular complexity index is 883. The molecule has 1 aromatic heterocycles. The van der Waals surface area contributed by atoms with E-state index in [0.29, 0.717) is 11.7 Å². The van der Waals surface area contributed by atoms with E-state index in [1.165, 1.54) is 24.0 Å². The molecule has 1 aliphatic heterocycles. The Morgan fingerprint density at radius 3 is 2.86 bits per heavy atom. The summed E-state index contributed by atoms with van der Waals surface area (Å²) in [7, 11) is 0. The van der Waals surface area contributed by atoms with E-state index in [4.69, 9.17) is 4.74 Å². The van der Waals surface area contributed by atoms with Gasteiger partial charge in [0.25, 0.3) is 0 Å². The van der Waals surface area contributed by atoms with Gasteiger partial charge in [-0.25, -0.2) is 0 Å². The average Bonchev–Trinajstić information content (AvgIpc) is 3.15. The number of phenolic OH excluding ortho intramolecular Hbond substituents is 1. The number of ether oxygens (including phenoxy) is 1. The normalized spacial score (nSPS) is 22.8. The molecule has 28 heavy (non-hydrogen) atoms. The summed E-state index contributed by atoms with van der Waals surface area (Å²) < 4.78 is 6.52. The van der Waals surface area contributed by atoms with Gasteiger partial charge in [-0.15, -0.1) is 11.3 Å². The summed E-state index contributed by atoms with van der Waals surface area (Å²) in [5.41, 5.74) is 6.16. The monoisotopic (exact) mass is 397 g/mol. The summed E-state index contributed by atoms with van der Waals surface area (Å²) in [4.78, 5) is 5.32. The molecule has 3 nitrogen and oxygen atoms in total. The molecule has 0 bridgehead atoms. The van der Waals surface area contributed by atoms with Crippen LogP contribution in [-0.4, -0.2) is 15.7 Å². The van der Waals surface area contributed by atoms with Crippen molar-refractivity contribution in [1.82, 2.24) is 4.98 Å². The molecule has 0 spiro atoms. The molecule has 0 amide bonds. The first-order valence-electron chi connectivity index (χ1n) is 10.6. The number of aromatic nitrogens is 1. The van der Waals surface area contributed by atoms with Crippen LogP contribution in [0.5, 0.6) is 11.5 Å². The molecule has 0 saturated heterocycles. The standard InChI is InChI=1S/C24H31NO2S/c1-5-6-7-8-16-12-19-22(23(26)21(16)20-13-25-14-28-20)17-11-15(2)9-10-18(17)24(3,4)27-19/h11-14,17-18,26H,5-10H2,1-4H3/t17-,18-/m1/s1. The topological polar surface area (TPSA) is 42.4 Å². The summed E-state index contributed by atoms with van der Waals surface area (Å²) in [6, 6.07) is 2.20. The van der Waals surface area contributed by atoms with Crippen molar-refractivity contribution in [3.8, 4) is 21.9 Å². The molecule has 2 aromatic rings. The molecule has 150 valence electrons. The van der Waals surface area contributed by atoms with E-state index in [1.807, 2.05) is 11.7 Å². The van der Waals surface area contributed by atoms with Crippen LogP contribution in [0.2, 0.25) is 0 Å². The largest absolute Gasteiger partial charge is 0.507 e. The average molecular weight is 398 g/mol. The fraction of sp³-hybridized carbons (Fsp3) is 0.542. The third-order valence-electron chi connectivity index (χ3n) is 6.46. The van der Waals surface area contributed by atoms with Crippen molar-refractivity contribution in [2.45, 2.75) is 77.7 Å². The molecule has 2 heterocycles. The molecule has 4 heteroatoms. The van der Waals surface area contributed by atoms with Crippen LogP contribution in [0.15, 0.2) is 29.4 Å². The van der Waals surface area contributed by atoms with Crippen LogP contribution in [0.25, 0.3) is 10.4 Å². The first-order valence-corrected chi connectivity index (χ1v) is 11.4. The van der Waals surface area contributed by atoms with Gasteiger partial charge >= 0.3 is 0 Å². The number of aryl methyl sites for hydroxylation is 1. The smallest absolute Gasteiger partial charge is 0.132 e. The molecular weight excluding hydrogens is 366 g/mol. The highest BCUT2D eigenvalue weighted by Crippen LogP contribution is 2.56. The predicted octanol–water partition coefficient (Wildman–Crippen LogP) is 6.86. The first-order chi connectivity index (χ1) is 13.4. The van der Waals surface area contributed by atoms with Gasteiger partial charge in [-0.05, 0) is 58.1 Å². The van der Waals surface area contributed by atoms with Crippen LogP contribution in [0, 0.1) is 5.92 Å². The molecular formula is C24H31NO2S. The number of thiazole rings is 1. The van der Waals surface area contributed by atoms with Gasteiger partial charge in [0.2, 0.25) is 0 Å². The number of unbranched alkanes of at least 4 members (excludes halogenated alkanes) is 2. The Hall–Kier alpha value is -1.81. The third-order valence-corrected chi connectivity index (χ3v) is 7.25. The van der Waals surface area contributed by atoms with Crippen molar-refractivity contribution >= 4 is 11.3 Å². The second kappa shape index (κ2) is 7.55. The van der Waals surface area contributed by atoms with Crippen LogP contribution in [0.3, 0.4) is 0 Å². The quantitative estimate of drug-likeness (QED) is 0.443. The van der Waals surface area contributed by atoms with Crippen molar-refractivity contribution in [3.05, 3.63) is 40.5 Å². The number of hydrogen-bond donors (Lipinski definition) is 1. The molecule has 0 saturated carbocycles. The number of nitrogens with zero attached hydrogens (tertiary/aromatic N) is 1. The summed E-state index contributed by atoms with van der Waals surface area (Å²) in [5.74, 6) is 1.87. The predicted molar refractivity (Wildman–Crippen MR) is 116 cm³/mol. The van der Waals surface area contributed by atoms with Crippen molar-refractivity contribution in [2.75, 3.05) is 0 Å². The lowest BCUT2D eigenvalue weighted by molar-refractivity contribution is 0.0108. The van der Waals surface area contributed by atoms with Gasteiger partial charge in [0.05, 0.1) is 10.4 Å². The lowest BCUT2D eigenvalue weighted by Crippen LogP contribution is -2.45. The lowest BCUT2D eigenvalue weighted by atomic mass is 9.67. The zero-order valence-electron chi connectivity index (χ0n) is 17.4. The highest BCUT2D eigenvalue weighted by Gasteiger charge is 2.45. The summed E-state index contributed by atoms with van der Waals surface area (Å²) in [6.45, 7) is 8.83. The minimum Gasteiger partial charge on any atom is -0.507 e. The van der Waals surface area contributed by atoms with E-state index in [-0.39, 0.29) is 11.5 Å². The maximum absolute atomic E-state index is 11.5. The van der Waals surface area contributed by atoms with E-state index in [2.05, 4.69) is 44.8 Å². The van der Waals surface area contributed by atoms with Crippen LogP contribution in [0.1, 0.15) is 76.8 Å². The molecule has 1 aromatic carbocycles. The Morgan fingerprint density at radius 1 is 1.32 bits per heavy atom. The summed E-state index contributed by atoms with van der Waals surface area (Å²) >= 11 is 1.60. The van der Waals surface area contributed by atoms with Crippen LogP contribution < -0.4 is 4.74 Å². The van der Waals surface area contributed by atoms with Crippen LogP contribution in [-0.2, 0) is 6.42 Å². The zero-order valence-corrected chi connectivity index (χ0v) is 18.2. The second-order valence-corrected chi connectivity index (χ2v) is 9.77. The van der Waals surface area contributed by atoms with Crippen molar-refractivity contribution in [3.63, 3.8) is 0 Å². The van der Waals surface area contributed by atoms with E-state index in [1.54, 1.807) is 11.3 Å². The number of hydrogen-bond acceptors (Lipinski definition) is 4. The van der Waals surface area contributed by atoms with E-state index >= 15 is 0 Å². The molecule has 0 radical (unpaired) electrons. The lowest BCUT2D eigenvalue weighted by Gasteiger charge is -2.46. The van der Waals surface area contributed by atoms with Crippen molar-refractivity contribution < 1.29 is 9.84 Å². The highest BCUT2D eigenvalue weighted by atomic mass is 32.1. The molecule has 4 rings (SSSR count). The number of rotatable bonds is 5. The third kappa shape index (κ3) is 3.36. The molecule has 0 unspecified atom stereocenters. The van der Waals surface area contributed by atoms with Gasteiger partial charge < -0.3 is 9.84 Å². The molecule has 2 atom stereocenters. The highest BCUT2D eigenvalue weighted by molar-refractivity contribution is 7.13. The number of phenols is 1. The summed E-state index contributed by atoms with van der Waals surface area (Å²) in [6.07, 6.45) is 10.9. The Labute approximate surface area is 172 Å². The minimum atomic E-state index is -0.228. The maximum Gasteiger partial charge on any atom is 0.132 e. The molecule has 1 N–H and O–H groups in total. The van der Waals surface area contributed by atoms with Gasteiger partial charge in [-0.1, -0.05) is 31.4 Å². The second-order valence-electron chi connectivity index (χ2n) is 8.88. The fourth-order valence-corrected chi connectivity index (χ4v) is 5.69. The summed E-state index contributed by atoms with van der Waals surface area (Å²) in [5, 5.41) is 11.5. The number of allylic oxidation sites excluding steroid dienone is 2. The first kappa shape index (κ1) is 19.5. The number of fused-ring (bicyclic) bond motifs is 3. The van der Waals surface area contributed by atoms with Crippen LogP contribution >= 0.6 is 11.3 Å². The Kier molecular flexibility index (Phi) is 5.26.